The van der Waals surface area contributed by atoms with E-state index in [1.165, 1.54) is 11.1 Å². The highest BCUT2D eigenvalue weighted by molar-refractivity contribution is 6.30. The lowest BCUT2D eigenvalue weighted by molar-refractivity contribution is -0.112. The number of benzene rings is 2. The third-order valence-corrected chi connectivity index (χ3v) is 3.82. The first-order valence-corrected chi connectivity index (χ1v) is 6.67. The molecule has 1 aliphatic rings. The van der Waals surface area contributed by atoms with E-state index >= 15 is 0 Å². The average molecular weight is 272 g/mol. The summed E-state index contributed by atoms with van der Waals surface area (Å²) in [6.45, 7) is 1.58. The Kier molecular flexibility index (Phi) is 3.36. The Bertz CT molecular complexity index is 594. The van der Waals surface area contributed by atoms with Gasteiger partial charge in [0, 0.05) is 18.1 Å². The lowest BCUT2D eigenvalue weighted by Gasteiger charge is -2.20. The van der Waals surface area contributed by atoms with Crippen molar-refractivity contribution in [2.24, 2.45) is 0 Å². The highest BCUT2D eigenvalue weighted by atomic mass is 35.5. The van der Waals surface area contributed by atoms with Crippen LogP contribution in [0.2, 0.25) is 5.02 Å². The highest BCUT2D eigenvalue weighted by Crippen LogP contribution is 2.33. The molecule has 0 saturated heterocycles. The zero-order valence-electron chi connectivity index (χ0n) is 10.4. The molecule has 1 aliphatic heterocycles. The van der Waals surface area contributed by atoms with Gasteiger partial charge < -0.3 is 4.79 Å². The van der Waals surface area contributed by atoms with Crippen LogP contribution in [0.15, 0.2) is 48.5 Å². The van der Waals surface area contributed by atoms with Crippen LogP contribution in [0.25, 0.3) is 0 Å². The monoisotopic (exact) mass is 271 g/mol. The van der Waals surface area contributed by atoms with Crippen LogP contribution in [0, 0.1) is 0 Å². The van der Waals surface area contributed by atoms with E-state index in [-0.39, 0.29) is 6.04 Å². The van der Waals surface area contributed by atoms with Crippen LogP contribution < -0.4 is 0 Å². The van der Waals surface area contributed by atoms with Crippen LogP contribution in [-0.2, 0) is 17.9 Å². The summed E-state index contributed by atoms with van der Waals surface area (Å²) in [6.07, 6.45) is 1.03. The summed E-state index contributed by atoms with van der Waals surface area (Å²) in [6, 6.07) is 15.8. The Morgan fingerprint density at radius 3 is 2.63 bits per heavy atom. The fourth-order valence-electron chi connectivity index (χ4n) is 2.62. The second-order valence-electron chi connectivity index (χ2n) is 4.81. The molecule has 2 aromatic rings. The predicted molar refractivity (Wildman–Crippen MR) is 75.9 cm³/mol. The second-order valence-corrected chi connectivity index (χ2v) is 5.25. The van der Waals surface area contributed by atoms with Crippen molar-refractivity contribution >= 4 is 17.9 Å². The third kappa shape index (κ3) is 2.42. The molecule has 1 atom stereocenters. The van der Waals surface area contributed by atoms with Gasteiger partial charge in [-0.2, -0.15) is 0 Å². The quantitative estimate of drug-likeness (QED) is 0.795. The van der Waals surface area contributed by atoms with E-state index < -0.39 is 0 Å². The van der Waals surface area contributed by atoms with Gasteiger partial charge in [0.25, 0.3) is 0 Å². The lowest BCUT2D eigenvalue weighted by atomic mass is 10.1. The van der Waals surface area contributed by atoms with Crippen LogP contribution in [-0.4, -0.2) is 11.2 Å². The highest BCUT2D eigenvalue weighted by Gasteiger charge is 2.29. The summed E-state index contributed by atoms with van der Waals surface area (Å²) in [5, 5.41) is 0.736. The molecule has 0 fully saturated rings. The van der Waals surface area contributed by atoms with Crippen molar-refractivity contribution in [1.29, 1.82) is 0 Å². The minimum Gasteiger partial charge on any atom is -0.301 e. The van der Waals surface area contributed by atoms with Crippen LogP contribution in [0.5, 0.6) is 0 Å². The van der Waals surface area contributed by atoms with Gasteiger partial charge in [-0.3, -0.25) is 4.90 Å². The number of aldehydes is 1. The molecule has 0 saturated carbocycles. The first-order valence-electron chi connectivity index (χ1n) is 6.29. The number of rotatable bonds is 3. The molecule has 0 bridgehead atoms. The molecule has 19 heavy (non-hydrogen) atoms. The molecular weight excluding hydrogens is 258 g/mol. The van der Waals surface area contributed by atoms with Gasteiger partial charge in [-0.1, -0.05) is 48.0 Å². The molecule has 0 spiro atoms. The molecule has 0 aliphatic carbocycles. The average Bonchev–Trinajstić information content (AvgIpc) is 2.78. The van der Waals surface area contributed by atoms with Gasteiger partial charge in [-0.25, -0.2) is 0 Å². The van der Waals surface area contributed by atoms with Crippen molar-refractivity contribution in [3.63, 3.8) is 0 Å². The van der Waals surface area contributed by atoms with Crippen LogP contribution >= 0.6 is 11.6 Å². The minimum atomic E-state index is -0.133. The minimum absolute atomic E-state index is 0.133. The van der Waals surface area contributed by atoms with Gasteiger partial charge in [0.2, 0.25) is 0 Å². The van der Waals surface area contributed by atoms with Gasteiger partial charge >= 0.3 is 0 Å². The predicted octanol–water partition coefficient (Wildman–Crippen LogP) is 3.60. The summed E-state index contributed by atoms with van der Waals surface area (Å²) in [5.74, 6) is 0. The Morgan fingerprint density at radius 2 is 1.89 bits per heavy atom. The van der Waals surface area contributed by atoms with E-state index in [2.05, 4.69) is 11.0 Å². The Morgan fingerprint density at radius 1 is 1.16 bits per heavy atom. The van der Waals surface area contributed by atoms with Gasteiger partial charge in [0.1, 0.15) is 6.29 Å². The summed E-state index contributed by atoms with van der Waals surface area (Å²) < 4.78 is 0. The normalized spacial score (nSPS) is 18.3. The van der Waals surface area contributed by atoms with Gasteiger partial charge in [0.15, 0.2) is 0 Å². The zero-order valence-corrected chi connectivity index (χ0v) is 11.2. The first-order chi connectivity index (χ1) is 9.28. The van der Waals surface area contributed by atoms with Crippen molar-refractivity contribution in [1.82, 2.24) is 4.90 Å². The summed E-state index contributed by atoms with van der Waals surface area (Å²) >= 11 is 5.89. The maximum atomic E-state index is 11.4. The summed E-state index contributed by atoms with van der Waals surface area (Å²) in [5.41, 5.74) is 3.55. The number of nitrogens with zero attached hydrogens (tertiary/aromatic N) is 1. The Balaban J connectivity index is 1.83. The molecule has 0 N–H and O–H groups in total. The molecule has 1 heterocycles. The van der Waals surface area contributed by atoms with Crippen LogP contribution in [0.4, 0.5) is 0 Å². The summed E-state index contributed by atoms with van der Waals surface area (Å²) in [4.78, 5) is 13.5. The maximum absolute atomic E-state index is 11.4. The van der Waals surface area contributed by atoms with E-state index in [1.807, 2.05) is 42.5 Å². The lowest BCUT2D eigenvalue weighted by Crippen LogP contribution is -2.22. The number of halogens is 1. The van der Waals surface area contributed by atoms with E-state index in [9.17, 15) is 4.79 Å². The Labute approximate surface area is 117 Å². The molecule has 0 aromatic heterocycles. The van der Waals surface area contributed by atoms with E-state index in [1.54, 1.807) is 0 Å². The van der Waals surface area contributed by atoms with E-state index in [4.69, 9.17) is 11.6 Å². The maximum Gasteiger partial charge on any atom is 0.141 e. The number of fused-ring (bicyclic) bond motifs is 1. The third-order valence-electron chi connectivity index (χ3n) is 3.57. The number of carbonyl (C=O) groups excluding carboxylic acids is 1. The molecule has 3 heteroatoms. The topological polar surface area (TPSA) is 20.3 Å². The smallest absolute Gasteiger partial charge is 0.141 e. The standard InChI is InChI=1S/C16H14ClNO/c17-14-7-5-12(6-8-14)9-18-10-13-3-1-2-4-15(13)16(18)11-19/h1-8,11,16H,9-10H2. The molecule has 96 valence electrons. The molecule has 0 amide bonds. The molecule has 1 unspecified atom stereocenters. The molecule has 0 radical (unpaired) electrons. The van der Waals surface area contributed by atoms with Crippen LogP contribution in [0.3, 0.4) is 0 Å². The molecule has 2 aromatic carbocycles. The number of hydrogen-bond acceptors (Lipinski definition) is 2. The SMILES string of the molecule is O=CC1c2ccccc2CN1Cc1ccc(Cl)cc1. The number of hydrogen-bond donors (Lipinski definition) is 0. The molecule has 2 nitrogen and oxygen atoms in total. The van der Waals surface area contributed by atoms with Crippen molar-refractivity contribution in [3.8, 4) is 0 Å². The van der Waals surface area contributed by atoms with Gasteiger partial charge in [0.05, 0.1) is 6.04 Å². The van der Waals surface area contributed by atoms with E-state index in [0.29, 0.717) is 0 Å². The fraction of sp³-hybridized carbons (Fsp3) is 0.188. The van der Waals surface area contributed by atoms with Gasteiger partial charge in [-0.05, 0) is 28.8 Å². The fourth-order valence-corrected chi connectivity index (χ4v) is 2.74. The molecular formula is C16H14ClNO. The largest absolute Gasteiger partial charge is 0.301 e. The van der Waals surface area contributed by atoms with Crippen molar-refractivity contribution in [2.45, 2.75) is 19.1 Å². The second kappa shape index (κ2) is 5.16. The molecule has 3 rings (SSSR count). The Hall–Kier alpha value is -1.64. The first kappa shape index (κ1) is 12.4. The zero-order chi connectivity index (χ0) is 13.2. The number of carbonyl (C=O) groups is 1. The van der Waals surface area contributed by atoms with E-state index in [0.717, 1.165) is 30.0 Å². The van der Waals surface area contributed by atoms with Crippen LogP contribution in [0.1, 0.15) is 22.7 Å². The summed E-state index contributed by atoms with van der Waals surface area (Å²) in [7, 11) is 0. The van der Waals surface area contributed by atoms with Crippen molar-refractivity contribution in [2.75, 3.05) is 0 Å². The van der Waals surface area contributed by atoms with Crippen molar-refractivity contribution in [3.05, 3.63) is 70.2 Å². The van der Waals surface area contributed by atoms with Crippen molar-refractivity contribution < 1.29 is 4.79 Å². The van der Waals surface area contributed by atoms with Gasteiger partial charge in [-0.15, -0.1) is 0 Å².